The number of amides is 1. The second kappa shape index (κ2) is 5.94. The molecule has 3 aliphatic rings. The lowest BCUT2D eigenvalue weighted by molar-refractivity contribution is -0.138. The van der Waals surface area contributed by atoms with Gasteiger partial charge in [0.15, 0.2) is 0 Å². The van der Waals surface area contributed by atoms with E-state index in [0.717, 1.165) is 38.6 Å². The molecule has 1 saturated carbocycles. The standard InChI is InChI=1S/C20H28N2O/c21-18-10-12-20-11-5-13-22(20)19(23)9-4-8-17(20)16(18)14-15-6-2-1-3-7-15/h1-3,6-7,16-18H,4-5,8-14,21H2/t16-,17-,18-,20+/m1/s1. The summed E-state index contributed by atoms with van der Waals surface area (Å²) in [5.41, 5.74) is 8.12. The van der Waals surface area contributed by atoms with Gasteiger partial charge in [0, 0.05) is 24.5 Å². The monoisotopic (exact) mass is 312 g/mol. The molecule has 0 aromatic heterocycles. The molecule has 2 aliphatic heterocycles. The zero-order valence-corrected chi connectivity index (χ0v) is 13.9. The van der Waals surface area contributed by atoms with Crippen LogP contribution in [0.1, 0.15) is 50.5 Å². The molecule has 4 atom stereocenters. The van der Waals surface area contributed by atoms with Crippen molar-refractivity contribution in [3.8, 4) is 0 Å². The summed E-state index contributed by atoms with van der Waals surface area (Å²) in [4.78, 5) is 14.9. The Hall–Kier alpha value is -1.35. The predicted octanol–water partition coefficient (Wildman–Crippen LogP) is 3.13. The Morgan fingerprint density at radius 3 is 2.78 bits per heavy atom. The number of carbonyl (C=O) groups is 1. The molecule has 3 fully saturated rings. The van der Waals surface area contributed by atoms with Gasteiger partial charge in [-0.05, 0) is 62.3 Å². The van der Waals surface area contributed by atoms with Crippen LogP contribution in [0, 0.1) is 11.8 Å². The largest absolute Gasteiger partial charge is 0.337 e. The van der Waals surface area contributed by atoms with E-state index in [-0.39, 0.29) is 11.6 Å². The minimum atomic E-state index is 0.128. The molecule has 124 valence electrons. The topological polar surface area (TPSA) is 46.3 Å². The van der Waals surface area contributed by atoms with Crippen molar-refractivity contribution in [1.82, 2.24) is 4.90 Å². The Labute approximate surface area is 139 Å². The van der Waals surface area contributed by atoms with Gasteiger partial charge < -0.3 is 10.6 Å². The molecule has 0 unspecified atom stereocenters. The van der Waals surface area contributed by atoms with E-state index in [0.29, 0.717) is 17.7 Å². The van der Waals surface area contributed by atoms with Crippen molar-refractivity contribution in [3.63, 3.8) is 0 Å². The molecule has 1 spiro atoms. The van der Waals surface area contributed by atoms with Crippen LogP contribution in [-0.4, -0.2) is 28.9 Å². The van der Waals surface area contributed by atoms with Crippen molar-refractivity contribution in [3.05, 3.63) is 35.9 Å². The van der Waals surface area contributed by atoms with E-state index in [1.54, 1.807) is 0 Å². The lowest BCUT2D eigenvalue weighted by atomic mass is 9.61. The van der Waals surface area contributed by atoms with Crippen molar-refractivity contribution >= 4 is 5.91 Å². The van der Waals surface area contributed by atoms with E-state index in [2.05, 4.69) is 35.2 Å². The fourth-order valence-corrected chi connectivity index (χ4v) is 5.70. The van der Waals surface area contributed by atoms with Crippen molar-refractivity contribution in [1.29, 1.82) is 0 Å². The number of nitrogens with two attached hydrogens (primary N) is 1. The molecule has 2 saturated heterocycles. The summed E-state index contributed by atoms with van der Waals surface area (Å²) in [7, 11) is 0. The highest BCUT2D eigenvalue weighted by atomic mass is 16.2. The van der Waals surface area contributed by atoms with Crippen LogP contribution in [0.3, 0.4) is 0 Å². The molecule has 1 aromatic rings. The molecule has 1 aliphatic carbocycles. The summed E-state index contributed by atoms with van der Waals surface area (Å²) in [5.74, 6) is 1.50. The average molecular weight is 312 g/mol. The molecule has 0 radical (unpaired) electrons. The Morgan fingerprint density at radius 1 is 1.13 bits per heavy atom. The lowest BCUT2D eigenvalue weighted by Gasteiger charge is -2.52. The molecule has 3 nitrogen and oxygen atoms in total. The number of nitrogens with zero attached hydrogens (tertiary/aromatic N) is 1. The normalized spacial score (nSPS) is 37.2. The first-order chi connectivity index (χ1) is 11.2. The number of carbonyl (C=O) groups excluding carboxylic acids is 1. The number of hydrogen-bond acceptors (Lipinski definition) is 2. The smallest absolute Gasteiger partial charge is 0.223 e. The fraction of sp³-hybridized carbons (Fsp3) is 0.650. The van der Waals surface area contributed by atoms with Gasteiger partial charge in [0.1, 0.15) is 0 Å². The second-order valence-corrected chi connectivity index (χ2v) is 7.81. The highest BCUT2D eigenvalue weighted by Crippen LogP contribution is 2.51. The fourth-order valence-electron chi connectivity index (χ4n) is 5.70. The van der Waals surface area contributed by atoms with Gasteiger partial charge in [-0.2, -0.15) is 0 Å². The van der Waals surface area contributed by atoms with Crippen LogP contribution < -0.4 is 5.73 Å². The maximum absolute atomic E-state index is 12.6. The van der Waals surface area contributed by atoms with Crippen LogP contribution in [0.15, 0.2) is 30.3 Å². The third-order valence-electron chi connectivity index (χ3n) is 6.72. The van der Waals surface area contributed by atoms with Gasteiger partial charge in [-0.15, -0.1) is 0 Å². The Bertz CT molecular complexity index is 572. The minimum absolute atomic E-state index is 0.128. The lowest BCUT2D eigenvalue weighted by Crippen LogP contribution is -2.59. The summed E-state index contributed by atoms with van der Waals surface area (Å²) >= 11 is 0. The molecule has 23 heavy (non-hydrogen) atoms. The van der Waals surface area contributed by atoms with Gasteiger partial charge in [-0.25, -0.2) is 0 Å². The van der Waals surface area contributed by atoms with Gasteiger partial charge in [0.2, 0.25) is 5.91 Å². The third-order valence-corrected chi connectivity index (χ3v) is 6.72. The molecule has 1 aromatic carbocycles. The van der Waals surface area contributed by atoms with Crippen molar-refractivity contribution in [2.45, 2.75) is 62.9 Å². The van der Waals surface area contributed by atoms with E-state index < -0.39 is 0 Å². The summed E-state index contributed by atoms with van der Waals surface area (Å²) in [5, 5.41) is 0. The van der Waals surface area contributed by atoms with Gasteiger partial charge in [-0.1, -0.05) is 30.3 Å². The highest BCUT2D eigenvalue weighted by molar-refractivity contribution is 5.78. The van der Waals surface area contributed by atoms with Crippen LogP contribution in [0.4, 0.5) is 0 Å². The molecule has 1 amide bonds. The van der Waals surface area contributed by atoms with Crippen LogP contribution in [-0.2, 0) is 11.2 Å². The molecule has 2 heterocycles. The Morgan fingerprint density at radius 2 is 1.96 bits per heavy atom. The third kappa shape index (κ3) is 2.50. The van der Waals surface area contributed by atoms with Gasteiger partial charge in [0.05, 0.1) is 0 Å². The van der Waals surface area contributed by atoms with Crippen LogP contribution in [0.25, 0.3) is 0 Å². The van der Waals surface area contributed by atoms with E-state index in [1.165, 1.54) is 24.8 Å². The van der Waals surface area contributed by atoms with Crippen molar-refractivity contribution in [2.75, 3.05) is 6.54 Å². The Balaban J connectivity index is 1.67. The highest BCUT2D eigenvalue weighted by Gasteiger charge is 2.55. The maximum Gasteiger partial charge on any atom is 0.223 e. The van der Waals surface area contributed by atoms with E-state index in [1.807, 2.05) is 0 Å². The van der Waals surface area contributed by atoms with Crippen molar-refractivity contribution in [2.24, 2.45) is 17.6 Å². The van der Waals surface area contributed by atoms with Gasteiger partial charge >= 0.3 is 0 Å². The summed E-state index contributed by atoms with van der Waals surface area (Å²) in [6.45, 7) is 0.975. The summed E-state index contributed by atoms with van der Waals surface area (Å²) in [6.07, 6.45) is 8.58. The first-order valence-corrected chi connectivity index (χ1v) is 9.31. The maximum atomic E-state index is 12.6. The molecule has 2 N–H and O–H groups in total. The first kappa shape index (κ1) is 15.2. The van der Waals surface area contributed by atoms with Gasteiger partial charge in [-0.3, -0.25) is 4.79 Å². The minimum Gasteiger partial charge on any atom is -0.337 e. The predicted molar refractivity (Wildman–Crippen MR) is 91.9 cm³/mol. The summed E-state index contributed by atoms with van der Waals surface area (Å²) in [6, 6.07) is 11.1. The van der Waals surface area contributed by atoms with Gasteiger partial charge in [0.25, 0.3) is 0 Å². The number of rotatable bonds is 2. The molecule has 3 heteroatoms. The zero-order valence-electron chi connectivity index (χ0n) is 13.9. The average Bonchev–Trinajstić information content (AvgIpc) is 2.93. The number of hydrogen-bond donors (Lipinski definition) is 1. The molecular formula is C20H28N2O. The molecule has 0 bridgehead atoms. The van der Waals surface area contributed by atoms with Crippen LogP contribution in [0.5, 0.6) is 0 Å². The zero-order chi connectivity index (χ0) is 15.9. The quantitative estimate of drug-likeness (QED) is 0.912. The van der Waals surface area contributed by atoms with E-state index in [4.69, 9.17) is 5.73 Å². The number of benzene rings is 1. The molecule has 4 rings (SSSR count). The molecular weight excluding hydrogens is 284 g/mol. The van der Waals surface area contributed by atoms with Crippen molar-refractivity contribution < 1.29 is 4.79 Å². The van der Waals surface area contributed by atoms with E-state index >= 15 is 0 Å². The second-order valence-electron chi connectivity index (χ2n) is 7.81. The van der Waals surface area contributed by atoms with Crippen LogP contribution >= 0.6 is 0 Å². The van der Waals surface area contributed by atoms with Crippen LogP contribution in [0.2, 0.25) is 0 Å². The summed E-state index contributed by atoms with van der Waals surface area (Å²) < 4.78 is 0. The Kier molecular flexibility index (Phi) is 3.92. The first-order valence-electron chi connectivity index (χ1n) is 9.31. The van der Waals surface area contributed by atoms with E-state index in [9.17, 15) is 4.79 Å². The SMILES string of the molecule is N[C@@H]1CC[C@]23CCCN2C(=O)CCC[C@@H]3[C@H]1Cc1ccccc1.